The molecule has 2 aliphatic heterocycles. The van der Waals surface area contributed by atoms with Gasteiger partial charge in [-0.05, 0) is 56.4 Å². The van der Waals surface area contributed by atoms with Crippen molar-refractivity contribution in [3.63, 3.8) is 0 Å². The van der Waals surface area contributed by atoms with Crippen LogP contribution in [0.3, 0.4) is 0 Å². The maximum Gasteiger partial charge on any atom is 0.344 e. The number of benzene rings is 1. The van der Waals surface area contributed by atoms with Crippen LogP contribution in [0.25, 0.3) is 0 Å². The van der Waals surface area contributed by atoms with Gasteiger partial charge in [0, 0.05) is 26.2 Å². The van der Waals surface area contributed by atoms with Gasteiger partial charge >= 0.3 is 5.97 Å². The van der Waals surface area contributed by atoms with Crippen LogP contribution in [0.1, 0.15) is 38.2 Å². The normalized spacial score (nSPS) is 15.7. The van der Waals surface area contributed by atoms with Crippen LogP contribution >= 0.6 is 0 Å². The molecule has 0 aliphatic carbocycles. The van der Waals surface area contributed by atoms with Gasteiger partial charge in [0.2, 0.25) is 17.8 Å². The number of hydrazone groups is 1. The summed E-state index contributed by atoms with van der Waals surface area (Å²) in [4.78, 5) is 29.8. The Morgan fingerprint density at radius 3 is 2.26 bits per heavy atom. The molecular formula is C23H31N7O4. The number of rotatable bonds is 10. The number of aromatic nitrogens is 3. The summed E-state index contributed by atoms with van der Waals surface area (Å²) in [7, 11) is 1.54. The molecule has 2 aliphatic rings. The number of nitrogens with zero attached hydrogens (tertiary/aromatic N) is 6. The summed E-state index contributed by atoms with van der Waals surface area (Å²) in [6.45, 7) is 5.69. The minimum Gasteiger partial charge on any atom is -0.493 e. The molecule has 4 rings (SSSR count). The van der Waals surface area contributed by atoms with E-state index in [1.165, 1.54) is 7.11 Å². The van der Waals surface area contributed by atoms with Crippen LogP contribution in [0.2, 0.25) is 0 Å². The Morgan fingerprint density at radius 1 is 1.03 bits per heavy atom. The second-order valence-electron chi connectivity index (χ2n) is 8.02. The fraction of sp³-hybridized carbons (Fsp3) is 0.522. The number of hydrogen-bond acceptors (Lipinski definition) is 11. The summed E-state index contributed by atoms with van der Waals surface area (Å²) in [5.41, 5.74) is 3.73. The van der Waals surface area contributed by atoms with Gasteiger partial charge in [0.15, 0.2) is 18.1 Å². The van der Waals surface area contributed by atoms with Crippen molar-refractivity contribution in [1.82, 2.24) is 15.0 Å². The van der Waals surface area contributed by atoms with E-state index in [0.717, 1.165) is 57.4 Å². The monoisotopic (exact) mass is 469 g/mol. The van der Waals surface area contributed by atoms with Crippen molar-refractivity contribution in [2.45, 2.75) is 32.6 Å². The first-order chi connectivity index (χ1) is 16.7. The van der Waals surface area contributed by atoms with Crippen molar-refractivity contribution < 1.29 is 19.0 Å². The number of carbonyl (C=O) groups is 1. The number of nitrogens with one attached hydrogen (secondary N) is 1. The van der Waals surface area contributed by atoms with Gasteiger partial charge in [-0.15, -0.1) is 0 Å². The van der Waals surface area contributed by atoms with Gasteiger partial charge in [0.1, 0.15) is 0 Å². The van der Waals surface area contributed by atoms with Crippen LogP contribution in [-0.4, -0.2) is 73.6 Å². The molecule has 11 nitrogen and oxygen atoms in total. The lowest BCUT2D eigenvalue weighted by atomic mass is 10.2. The Hall–Kier alpha value is -3.63. The molecule has 182 valence electrons. The molecule has 0 atom stereocenters. The Labute approximate surface area is 199 Å². The number of anilines is 3. The van der Waals surface area contributed by atoms with E-state index in [1.807, 2.05) is 6.07 Å². The van der Waals surface area contributed by atoms with Crippen molar-refractivity contribution in [2.75, 3.05) is 61.7 Å². The zero-order valence-corrected chi connectivity index (χ0v) is 19.7. The van der Waals surface area contributed by atoms with Crippen LogP contribution in [0.4, 0.5) is 17.8 Å². The third-order valence-electron chi connectivity index (χ3n) is 5.61. The number of hydrogen-bond donors (Lipinski definition) is 1. The number of esters is 1. The van der Waals surface area contributed by atoms with E-state index < -0.39 is 5.97 Å². The first kappa shape index (κ1) is 23.5. The largest absolute Gasteiger partial charge is 0.493 e. The molecule has 11 heteroatoms. The average molecular weight is 470 g/mol. The van der Waals surface area contributed by atoms with Crippen LogP contribution < -0.4 is 24.7 Å². The van der Waals surface area contributed by atoms with Gasteiger partial charge in [-0.2, -0.15) is 20.1 Å². The Balaban J connectivity index is 1.45. The Morgan fingerprint density at radius 2 is 1.68 bits per heavy atom. The molecule has 0 bridgehead atoms. The summed E-state index contributed by atoms with van der Waals surface area (Å²) in [5.74, 6) is 2.30. The fourth-order valence-corrected chi connectivity index (χ4v) is 3.91. The minimum atomic E-state index is -0.432. The predicted octanol–water partition coefficient (Wildman–Crippen LogP) is 2.47. The lowest BCUT2D eigenvalue weighted by Gasteiger charge is -2.20. The Kier molecular flexibility index (Phi) is 7.95. The molecule has 2 saturated heterocycles. The molecule has 2 aromatic rings. The van der Waals surface area contributed by atoms with Gasteiger partial charge in [0.05, 0.1) is 19.9 Å². The SMILES string of the molecule is CCOC(=O)COc1ccc(/C=N\Nc2nc(N3CCCC3)nc(N3CCCC3)n2)cc1OC. The third-order valence-corrected chi connectivity index (χ3v) is 5.61. The lowest BCUT2D eigenvalue weighted by Crippen LogP contribution is -2.25. The molecule has 1 aromatic carbocycles. The highest BCUT2D eigenvalue weighted by Crippen LogP contribution is 2.28. The maximum absolute atomic E-state index is 11.5. The zero-order chi connectivity index (χ0) is 23.8. The first-order valence-electron chi connectivity index (χ1n) is 11.7. The fourth-order valence-electron chi connectivity index (χ4n) is 3.91. The molecule has 2 fully saturated rings. The van der Waals surface area contributed by atoms with Crippen molar-refractivity contribution in [3.05, 3.63) is 23.8 Å². The van der Waals surface area contributed by atoms with Crippen LogP contribution in [0.5, 0.6) is 11.5 Å². The highest BCUT2D eigenvalue weighted by molar-refractivity contribution is 5.81. The standard InChI is InChI=1S/C23H31N7O4/c1-3-33-20(31)16-34-18-9-8-17(14-19(18)32-2)15-24-28-21-25-22(29-10-4-5-11-29)27-23(26-21)30-12-6-7-13-30/h8-9,14-15H,3-7,10-13,16H2,1-2H3,(H,25,26,27,28)/b24-15-. The van der Waals surface area contributed by atoms with Crippen molar-refractivity contribution in [3.8, 4) is 11.5 Å². The molecule has 1 aromatic heterocycles. The lowest BCUT2D eigenvalue weighted by molar-refractivity contribution is -0.145. The maximum atomic E-state index is 11.5. The zero-order valence-electron chi connectivity index (χ0n) is 19.7. The third kappa shape index (κ3) is 6.03. The van der Waals surface area contributed by atoms with Gasteiger partial charge in [-0.1, -0.05) is 0 Å². The van der Waals surface area contributed by atoms with E-state index in [0.29, 0.717) is 36.0 Å². The van der Waals surface area contributed by atoms with Gasteiger partial charge in [-0.3, -0.25) is 0 Å². The molecule has 1 N–H and O–H groups in total. The average Bonchev–Trinajstić information content (AvgIpc) is 3.58. The molecule has 0 radical (unpaired) electrons. The molecule has 0 saturated carbocycles. The van der Waals surface area contributed by atoms with Crippen molar-refractivity contribution in [1.29, 1.82) is 0 Å². The minimum absolute atomic E-state index is 0.183. The van der Waals surface area contributed by atoms with E-state index in [2.05, 4.69) is 30.3 Å². The predicted molar refractivity (Wildman–Crippen MR) is 129 cm³/mol. The topological polar surface area (TPSA) is 114 Å². The Bertz CT molecular complexity index is 971. The van der Waals surface area contributed by atoms with E-state index in [9.17, 15) is 4.79 Å². The summed E-state index contributed by atoms with van der Waals surface area (Å²) in [5, 5.41) is 4.32. The quantitative estimate of drug-likeness (QED) is 0.316. The summed E-state index contributed by atoms with van der Waals surface area (Å²) >= 11 is 0. The summed E-state index contributed by atoms with van der Waals surface area (Å²) in [6, 6.07) is 5.30. The van der Waals surface area contributed by atoms with Gasteiger partial charge in [0.25, 0.3) is 0 Å². The molecular weight excluding hydrogens is 438 g/mol. The van der Waals surface area contributed by atoms with E-state index in [-0.39, 0.29) is 6.61 Å². The summed E-state index contributed by atoms with van der Waals surface area (Å²) < 4.78 is 15.8. The summed E-state index contributed by atoms with van der Waals surface area (Å²) in [6.07, 6.45) is 6.23. The number of methoxy groups -OCH3 is 1. The highest BCUT2D eigenvalue weighted by Gasteiger charge is 2.21. The number of ether oxygens (including phenoxy) is 3. The molecule has 34 heavy (non-hydrogen) atoms. The van der Waals surface area contributed by atoms with Gasteiger partial charge < -0.3 is 24.0 Å². The molecule has 0 spiro atoms. The molecule has 3 heterocycles. The second kappa shape index (κ2) is 11.5. The molecule has 0 unspecified atom stereocenters. The number of carbonyl (C=O) groups excluding carboxylic acids is 1. The van der Waals surface area contributed by atoms with Crippen LogP contribution in [0, 0.1) is 0 Å². The molecule has 0 amide bonds. The van der Waals surface area contributed by atoms with Gasteiger partial charge in [-0.25, -0.2) is 10.2 Å². The first-order valence-corrected chi connectivity index (χ1v) is 11.7. The van der Waals surface area contributed by atoms with E-state index >= 15 is 0 Å². The van der Waals surface area contributed by atoms with Crippen molar-refractivity contribution >= 4 is 30.0 Å². The van der Waals surface area contributed by atoms with Crippen LogP contribution in [0.15, 0.2) is 23.3 Å². The van der Waals surface area contributed by atoms with Crippen LogP contribution in [-0.2, 0) is 9.53 Å². The van der Waals surface area contributed by atoms with E-state index in [1.54, 1.807) is 25.3 Å². The second-order valence-corrected chi connectivity index (χ2v) is 8.02. The van der Waals surface area contributed by atoms with Crippen molar-refractivity contribution in [2.24, 2.45) is 5.10 Å². The smallest absolute Gasteiger partial charge is 0.344 e. The van der Waals surface area contributed by atoms with E-state index in [4.69, 9.17) is 19.2 Å². The highest BCUT2D eigenvalue weighted by atomic mass is 16.6.